The molecule has 6 heteroatoms. The number of nitrogens with zero attached hydrogens (tertiary/aromatic N) is 3. The highest BCUT2D eigenvalue weighted by Gasteiger charge is 2.24. The third kappa shape index (κ3) is 3.93. The molecule has 1 heterocycles. The monoisotopic (exact) mass is 373 g/mol. The van der Waals surface area contributed by atoms with Crippen LogP contribution >= 0.6 is 35.0 Å². The second-order valence-corrected chi connectivity index (χ2v) is 7.21. The van der Waals surface area contributed by atoms with Gasteiger partial charge >= 0.3 is 0 Å². The number of hydrogen-bond acceptors (Lipinski definition) is 3. The first-order valence-electron chi connectivity index (χ1n) is 7.21. The van der Waals surface area contributed by atoms with Gasteiger partial charge in [-0.1, -0.05) is 35.3 Å². The molecule has 2 unspecified atom stereocenters. The summed E-state index contributed by atoms with van der Waals surface area (Å²) in [5.41, 5.74) is 1.40. The lowest BCUT2D eigenvalue weighted by molar-refractivity contribution is 0.651. The molecule has 0 bridgehead atoms. The number of alkyl halides is 1. The molecule has 0 N–H and O–H groups in total. The summed E-state index contributed by atoms with van der Waals surface area (Å²) in [6, 6.07) is 17.3. The molecular weight excluding hydrogens is 361 g/mol. The second-order valence-electron chi connectivity index (χ2n) is 5.11. The number of benzene rings is 2. The fourth-order valence-corrected chi connectivity index (χ4v) is 3.94. The average Bonchev–Trinajstić information content (AvgIpc) is 3.15. The van der Waals surface area contributed by atoms with Crippen LogP contribution in [-0.4, -0.2) is 9.55 Å². The van der Waals surface area contributed by atoms with Gasteiger partial charge in [-0.2, -0.15) is 5.26 Å². The Morgan fingerprint density at radius 2 is 1.79 bits per heavy atom. The Hall–Kier alpha value is -1.93. The summed E-state index contributed by atoms with van der Waals surface area (Å²) in [4.78, 5) is 5.12. The summed E-state index contributed by atoms with van der Waals surface area (Å²) in [6.07, 6.45) is 5.26. The smallest absolute Gasteiger partial charge is 0.125 e. The third-order valence-corrected chi connectivity index (χ3v) is 5.71. The van der Waals surface area contributed by atoms with E-state index in [1.807, 2.05) is 59.3 Å². The van der Waals surface area contributed by atoms with Gasteiger partial charge in [0.15, 0.2) is 0 Å². The molecule has 120 valence electrons. The van der Waals surface area contributed by atoms with Crippen molar-refractivity contribution in [3.8, 4) is 6.07 Å². The Morgan fingerprint density at radius 1 is 1.08 bits per heavy atom. The number of hydrogen-bond donors (Lipinski definition) is 0. The average molecular weight is 374 g/mol. The molecule has 0 amide bonds. The van der Waals surface area contributed by atoms with Crippen molar-refractivity contribution >= 4 is 35.0 Å². The van der Waals surface area contributed by atoms with Gasteiger partial charge in [0, 0.05) is 22.3 Å². The highest BCUT2D eigenvalue weighted by atomic mass is 35.5. The zero-order valence-electron chi connectivity index (χ0n) is 12.5. The first-order chi connectivity index (χ1) is 11.7. The lowest BCUT2D eigenvalue weighted by Gasteiger charge is -2.23. The molecule has 0 spiro atoms. The number of imidazole rings is 1. The summed E-state index contributed by atoms with van der Waals surface area (Å²) in [7, 11) is 0. The van der Waals surface area contributed by atoms with Gasteiger partial charge < -0.3 is 4.57 Å². The zero-order chi connectivity index (χ0) is 16.9. The quantitative estimate of drug-likeness (QED) is 0.426. The lowest BCUT2D eigenvalue weighted by atomic mass is 10.1. The molecule has 3 nitrogen and oxygen atoms in total. The van der Waals surface area contributed by atoms with Crippen LogP contribution in [-0.2, 0) is 0 Å². The van der Waals surface area contributed by atoms with Gasteiger partial charge in [-0.15, -0.1) is 11.8 Å². The van der Waals surface area contributed by atoms with Gasteiger partial charge in [0.05, 0.1) is 23.2 Å². The normalized spacial score (nSPS) is 13.2. The van der Waals surface area contributed by atoms with Crippen LogP contribution in [0.4, 0.5) is 0 Å². The van der Waals surface area contributed by atoms with E-state index in [4.69, 9.17) is 28.5 Å². The number of thioether (sulfide) groups is 1. The minimum Gasteiger partial charge on any atom is -0.319 e. The minimum absolute atomic E-state index is 0.0360. The Labute approximate surface area is 154 Å². The van der Waals surface area contributed by atoms with Gasteiger partial charge in [-0.05, 0) is 42.0 Å². The van der Waals surface area contributed by atoms with E-state index >= 15 is 0 Å². The molecule has 0 radical (unpaired) electrons. The first-order valence-corrected chi connectivity index (χ1v) is 8.90. The highest BCUT2D eigenvalue weighted by molar-refractivity contribution is 7.99. The summed E-state index contributed by atoms with van der Waals surface area (Å²) >= 11 is 14.4. The van der Waals surface area contributed by atoms with Crippen LogP contribution in [0.1, 0.15) is 21.9 Å². The van der Waals surface area contributed by atoms with E-state index in [2.05, 4.69) is 11.1 Å². The molecule has 3 aromatic rings. The molecule has 2 atom stereocenters. The molecule has 0 saturated carbocycles. The summed E-state index contributed by atoms with van der Waals surface area (Å²) in [6.45, 7) is 0. The number of rotatable bonds is 5. The maximum Gasteiger partial charge on any atom is 0.125 e. The van der Waals surface area contributed by atoms with Crippen molar-refractivity contribution in [2.75, 3.05) is 0 Å². The van der Waals surface area contributed by atoms with E-state index in [0.717, 1.165) is 10.5 Å². The zero-order valence-corrected chi connectivity index (χ0v) is 14.8. The molecule has 0 aliphatic carbocycles. The number of halogens is 2. The molecule has 0 fully saturated rings. The van der Waals surface area contributed by atoms with Crippen LogP contribution in [0, 0.1) is 11.3 Å². The van der Waals surface area contributed by atoms with Gasteiger partial charge in [0.1, 0.15) is 5.50 Å². The van der Waals surface area contributed by atoms with E-state index in [-0.39, 0.29) is 10.8 Å². The summed E-state index contributed by atoms with van der Waals surface area (Å²) in [5.74, 6) is 0. The fourth-order valence-electron chi connectivity index (χ4n) is 2.26. The molecule has 24 heavy (non-hydrogen) atoms. The molecule has 0 aliphatic rings. The molecule has 2 aromatic carbocycles. The Balaban J connectivity index is 1.91. The second kappa shape index (κ2) is 7.76. The van der Waals surface area contributed by atoms with Crippen LogP contribution < -0.4 is 0 Å². The van der Waals surface area contributed by atoms with Crippen molar-refractivity contribution in [3.63, 3.8) is 0 Å². The van der Waals surface area contributed by atoms with Crippen molar-refractivity contribution < 1.29 is 0 Å². The fraction of sp³-hybridized carbons (Fsp3) is 0.111. The molecular formula is C18H13Cl2N3S. The van der Waals surface area contributed by atoms with Crippen molar-refractivity contribution in [1.29, 1.82) is 5.26 Å². The Kier molecular flexibility index (Phi) is 5.47. The maximum atomic E-state index is 8.93. The van der Waals surface area contributed by atoms with Crippen molar-refractivity contribution in [2.24, 2.45) is 0 Å². The van der Waals surface area contributed by atoms with E-state index in [0.29, 0.717) is 10.6 Å². The van der Waals surface area contributed by atoms with Crippen molar-refractivity contribution in [2.45, 2.75) is 15.6 Å². The number of nitriles is 1. The van der Waals surface area contributed by atoms with Gasteiger partial charge in [0.2, 0.25) is 0 Å². The molecule has 1 aromatic heterocycles. The molecule has 0 saturated heterocycles. The largest absolute Gasteiger partial charge is 0.319 e. The van der Waals surface area contributed by atoms with Gasteiger partial charge in [-0.25, -0.2) is 4.98 Å². The Morgan fingerprint density at radius 3 is 2.38 bits per heavy atom. The summed E-state index contributed by atoms with van der Waals surface area (Å²) in [5, 5.41) is 9.58. The topological polar surface area (TPSA) is 41.6 Å². The van der Waals surface area contributed by atoms with Crippen LogP contribution in [0.15, 0.2) is 72.1 Å². The van der Waals surface area contributed by atoms with Crippen LogP contribution in [0.3, 0.4) is 0 Å². The maximum absolute atomic E-state index is 8.93. The van der Waals surface area contributed by atoms with E-state index < -0.39 is 0 Å². The van der Waals surface area contributed by atoms with Gasteiger partial charge in [0.25, 0.3) is 0 Å². The van der Waals surface area contributed by atoms with E-state index in [1.165, 1.54) is 0 Å². The SMILES string of the molecule is N#Cc1ccc(SC(c2ccc(Cl)cc2)C(Cl)n2ccnc2)cc1. The lowest BCUT2D eigenvalue weighted by Crippen LogP contribution is -2.09. The number of aromatic nitrogens is 2. The third-order valence-electron chi connectivity index (χ3n) is 3.50. The molecule has 3 rings (SSSR count). The minimum atomic E-state index is -0.311. The predicted octanol–water partition coefficient (Wildman–Crippen LogP) is 5.68. The van der Waals surface area contributed by atoms with E-state index in [9.17, 15) is 0 Å². The van der Waals surface area contributed by atoms with Crippen LogP contribution in [0.2, 0.25) is 5.02 Å². The van der Waals surface area contributed by atoms with Crippen LogP contribution in [0.5, 0.6) is 0 Å². The first kappa shape index (κ1) is 16.9. The van der Waals surface area contributed by atoms with Crippen LogP contribution in [0.25, 0.3) is 0 Å². The van der Waals surface area contributed by atoms with Crippen molar-refractivity contribution in [3.05, 3.63) is 83.4 Å². The van der Waals surface area contributed by atoms with Crippen molar-refractivity contribution in [1.82, 2.24) is 9.55 Å². The Bertz CT molecular complexity index is 824. The predicted molar refractivity (Wildman–Crippen MR) is 98.3 cm³/mol. The van der Waals surface area contributed by atoms with E-state index in [1.54, 1.807) is 24.3 Å². The van der Waals surface area contributed by atoms with Gasteiger partial charge in [-0.3, -0.25) is 0 Å². The summed E-state index contributed by atoms with van der Waals surface area (Å²) < 4.78 is 1.87. The highest BCUT2D eigenvalue weighted by Crippen LogP contribution is 2.45. The molecule has 0 aliphatic heterocycles. The standard InChI is InChI=1S/C18H13Cl2N3S/c19-15-5-3-14(4-6-15)17(18(20)23-10-9-22-12-23)24-16-7-1-13(11-21)2-8-16/h1-10,12,17-18H.